The Balaban J connectivity index is 1.28. The summed E-state index contributed by atoms with van der Waals surface area (Å²) in [4.78, 5) is 20.3. The van der Waals surface area contributed by atoms with Crippen molar-refractivity contribution in [3.05, 3.63) is 71.8 Å². The van der Waals surface area contributed by atoms with Crippen LogP contribution in [-0.4, -0.2) is 29.6 Å². The molecule has 1 heterocycles. The Kier molecular flexibility index (Phi) is 6.40. The number of aromatic amines is 1. The zero-order valence-electron chi connectivity index (χ0n) is 18.6. The number of benzene rings is 3. The van der Waals surface area contributed by atoms with E-state index >= 15 is 0 Å². The molecule has 1 amide bonds. The summed E-state index contributed by atoms with van der Waals surface area (Å²) in [5, 5.41) is 2.93. The Bertz CT molecular complexity index is 1170. The third-order valence-electron chi connectivity index (χ3n) is 5.42. The van der Waals surface area contributed by atoms with Crippen LogP contribution in [0.4, 0.5) is 5.69 Å². The number of hydrogen-bond donors (Lipinski definition) is 2. The minimum Gasteiger partial charge on any atom is -0.497 e. The quantitative estimate of drug-likeness (QED) is 0.355. The highest BCUT2D eigenvalue weighted by Gasteiger charge is 2.08. The molecule has 164 valence electrons. The molecule has 6 heteroatoms. The van der Waals surface area contributed by atoms with Crippen LogP contribution >= 0.6 is 0 Å². The second-order valence-electron chi connectivity index (χ2n) is 7.79. The maximum atomic E-state index is 12.2. The number of H-pyrrole nitrogens is 1. The summed E-state index contributed by atoms with van der Waals surface area (Å²) in [5.74, 6) is 2.33. The molecule has 0 aliphatic rings. The zero-order chi connectivity index (χ0) is 22.5. The minimum atomic E-state index is -0.0363. The maximum absolute atomic E-state index is 12.2. The second kappa shape index (κ2) is 9.56. The lowest BCUT2D eigenvalue weighted by Gasteiger charge is -2.08. The summed E-state index contributed by atoms with van der Waals surface area (Å²) in [5.41, 5.74) is 6.18. The lowest BCUT2D eigenvalue weighted by atomic mass is 10.1. The first-order valence-electron chi connectivity index (χ1n) is 10.7. The molecule has 4 rings (SSSR count). The van der Waals surface area contributed by atoms with Crippen molar-refractivity contribution in [2.24, 2.45) is 0 Å². The molecular formula is C26H27N3O3. The Hall–Kier alpha value is -3.80. The topological polar surface area (TPSA) is 76.2 Å². The van der Waals surface area contributed by atoms with Gasteiger partial charge in [-0.05, 0) is 92.1 Å². The van der Waals surface area contributed by atoms with E-state index in [-0.39, 0.29) is 5.91 Å². The molecule has 0 radical (unpaired) electrons. The van der Waals surface area contributed by atoms with E-state index < -0.39 is 0 Å². The fourth-order valence-corrected chi connectivity index (χ4v) is 3.44. The molecule has 0 bridgehead atoms. The van der Waals surface area contributed by atoms with Crippen molar-refractivity contribution < 1.29 is 14.3 Å². The van der Waals surface area contributed by atoms with Crippen LogP contribution in [0.2, 0.25) is 0 Å². The number of nitrogens with zero attached hydrogens (tertiary/aromatic N) is 1. The molecule has 0 unspecified atom stereocenters. The highest BCUT2D eigenvalue weighted by molar-refractivity contribution is 5.91. The van der Waals surface area contributed by atoms with Gasteiger partial charge in [-0.25, -0.2) is 4.98 Å². The fraction of sp³-hybridized carbons (Fsp3) is 0.231. The van der Waals surface area contributed by atoms with E-state index in [1.54, 1.807) is 7.11 Å². The normalized spacial score (nSPS) is 10.8. The SMILES string of the molecule is COc1ccc(OCCCC(=O)Nc2ccc(-c3nc4cc(C)c(C)cc4[nH]3)cc2)cc1. The minimum absolute atomic E-state index is 0.0363. The average Bonchev–Trinajstić information content (AvgIpc) is 3.20. The molecule has 6 nitrogen and oxygen atoms in total. The first-order valence-corrected chi connectivity index (χ1v) is 10.7. The predicted octanol–water partition coefficient (Wildman–Crippen LogP) is 5.65. The number of aryl methyl sites for hydroxylation is 2. The molecule has 0 aliphatic carbocycles. The molecule has 0 aliphatic heterocycles. The van der Waals surface area contributed by atoms with Crippen molar-refractivity contribution >= 4 is 22.6 Å². The van der Waals surface area contributed by atoms with E-state index in [2.05, 4.69) is 36.3 Å². The number of amides is 1. The first-order chi connectivity index (χ1) is 15.5. The molecule has 32 heavy (non-hydrogen) atoms. The molecule has 1 aromatic heterocycles. The van der Waals surface area contributed by atoms with E-state index in [1.807, 2.05) is 48.5 Å². The van der Waals surface area contributed by atoms with Crippen LogP contribution in [0.1, 0.15) is 24.0 Å². The standard InChI is InChI=1S/C26H27N3O3/c1-17-15-23-24(16-18(17)2)29-26(28-23)19-6-8-20(9-7-19)27-25(30)5-4-14-32-22-12-10-21(31-3)11-13-22/h6-13,15-16H,4-5,14H2,1-3H3,(H,27,30)(H,28,29). The van der Waals surface area contributed by atoms with Gasteiger partial charge in [-0.1, -0.05) is 0 Å². The number of nitrogens with one attached hydrogen (secondary N) is 2. The highest BCUT2D eigenvalue weighted by Crippen LogP contribution is 2.24. The molecule has 4 aromatic rings. The maximum Gasteiger partial charge on any atom is 0.224 e. The molecule has 0 spiro atoms. The number of carbonyl (C=O) groups is 1. The van der Waals surface area contributed by atoms with Crippen LogP contribution in [0.5, 0.6) is 11.5 Å². The number of rotatable bonds is 8. The third-order valence-corrected chi connectivity index (χ3v) is 5.42. The lowest BCUT2D eigenvalue weighted by Crippen LogP contribution is -2.12. The van der Waals surface area contributed by atoms with Crippen molar-refractivity contribution in [2.75, 3.05) is 19.0 Å². The summed E-state index contributed by atoms with van der Waals surface area (Å²) < 4.78 is 10.8. The number of carbonyl (C=O) groups excluding carboxylic acids is 1. The predicted molar refractivity (Wildman–Crippen MR) is 127 cm³/mol. The lowest BCUT2D eigenvalue weighted by molar-refractivity contribution is -0.116. The largest absolute Gasteiger partial charge is 0.497 e. The van der Waals surface area contributed by atoms with E-state index in [0.29, 0.717) is 19.4 Å². The van der Waals surface area contributed by atoms with Crippen molar-refractivity contribution in [3.8, 4) is 22.9 Å². The van der Waals surface area contributed by atoms with E-state index in [0.717, 1.165) is 39.6 Å². The van der Waals surface area contributed by atoms with E-state index in [4.69, 9.17) is 14.5 Å². The van der Waals surface area contributed by atoms with Crippen LogP contribution < -0.4 is 14.8 Å². The smallest absolute Gasteiger partial charge is 0.224 e. The highest BCUT2D eigenvalue weighted by atomic mass is 16.5. The number of aromatic nitrogens is 2. The molecule has 2 N–H and O–H groups in total. The summed E-state index contributed by atoms with van der Waals surface area (Å²) in [6.07, 6.45) is 1.02. The number of hydrogen-bond acceptors (Lipinski definition) is 4. The Morgan fingerprint density at radius 2 is 1.66 bits per heavy atom. The van der Waals surface area contributed by atoms with E-state index in [1.165, 1.54) is 11.1 Å². The van der Waals surface area contributed by atoms with Gasteiger partial charge in [0.25, 0.3) is 0 Å². The fourth-order valence-electron chi connectivity index (χ4n) is 3.44. The van der Waals surface area contributed by atoms with Gasteiger partial charge >= 0.3 is 0 Å². The van der Waals surface area contributed by atoms with Crippen LogP contribution in [-0.2, 0) is 4.79 Å². The molecular weight excluding hydrogens is 402 g/mol. The van der Waals surface area contributed by atoms with Crippen LogP contribution in [0.3, 0.4) is 0 Å². The van der Waals surface area contributed by atoms with E-state index in [9.17, 15) is 4.79 Å². The molecule has 3 aromatic carbocycles. The number of methoxy groups -OCH3 is 1. The molecule has 0 fully saturated rings. The second-order valence-corrected chi connectivity index (χ2v) is 7.79. The van der Waals surface area contributed by atoms with Gasteiger partial charge < -0.3 is 19.8 Å². The van der Waals surface area contributed by atoms with Gasteiger partial charge in [-0.2, -0.15) is 0 Å². The Morgan fingerprint density at radius 3 is 2.38 bits per heavy atom. The van der Waals surface area contributed by atoms with Crippen LogP contribution in [0.25, 0.3) is 22.4 Å². The van der Waals surface area contributed by atoms with Gasteiger partial charge in [-0.15, -0.1) is 0 Å². The number of imidazole rings is 1. The van der Waals surface area contributed by atoms with Gasteiger partial charge in [0.15, 0.2) is 0 Å². The van der Waals surface area contributed by atoms with Crippen LogP contribution in [0, 0.1) is 13.8 Å². The summed E-state index contributed by atoms with van der Waals surface area (Å²) in [6.45, 7) is 4.66. The Labute approximate surface area is 187 Å². The Morgan fingerprint density at radius 1 is 0.969 bits per heavy atom. The van der Waals surface area contributed by atoms with Crippen molar-refractivity contribution in [1.29, 1.82) is 0 Å². The first kappa shape index (κ1) is 21.4. The van der Waals surface area contributed by atoms with Gasteiger partial charge in [0, 0.05) is 17.7 Å². The molecule has 0 atom stereocenters. The summed E-state index contributed by atoms with van der Waals surface area (Å²) in [6, 6.07) is 19.3. The average molecular weight is 430 g/mol. The summed E-state index contributed by atoms with van der Waals surface area (Å²) in [7, 11) is 1.63. The number of ether oxygens (including phenoxy) is 2. The monoisotopic (exact) mass is 429 g/mol. The number of fused-ring (bicyclic) bond motifs is 1. The third kappa shape index (κ3) is 5.09. The van der Waals surface area contributed by atoms with Gasteiger partial charge in [0.2, 0.25) is 5.91 Å². The van der Waals surface area contributed by atoms with Gasteiger partial charge in [-0.3, -0.25) is 4.79 Å². The zero-order valence-corrected chi connectivity index (χ0v) is 18.6. The van der Waals surface area contributed by atoms with Gasteiger partial charge in [0.05, 0.1) is 24.8 Å². The van der Waals surface area contributed by atoms with Crippen molar-refractivity contribution in [3.63, 3.8) is 0 Å². The summed E-state index contributed by atoms with van der Waals surface area (Å²) >= 11 is 0. The van der Waals surface area contributed by atoms with Crippen LogP contribution in [0.15, 0.2) is 60.7 Å². The number of anilines is 1. The van der Waals surface area contributed by atoms with Crippen molar-refractivity contribution in [2.45, 2.75) is 26.7 Å². The molecule has 0 saturated carbocycles. The van der Waals surface area contributed by atoms with Gasteiger partial charge in [0.1, 0.15) is 17.3 Å². The van der Waals surface area contributed by atoms with Crippen molar-refractivity contribution in [1.82, 2.24) is 9.97 Å². The molecule has 0 saturated heterocycles.